The molecule has 0 atom stereocenters. The number of hydrogen-bond acceptors (Lipinski definition) is 3. The summed E-state index contributed by atoms with van der Waals surface area (Å²) in [7, 11) is 0. The molecule has 1 saturated heterocycles. The van der Waals surface area contributed by atoms with Crippen molar-refractivity contribution in [2.24, 2.45) is 5.92 Å². The molecular formula is C23H29NO2. The van der Waals surface area contributed by atoms with E-state index in [1.807, 2.05) is 0 Å². The fourth-order valence-corrected chi connectivity index (χ4v) is 3.54. The van der Waals surface area contributed by atoms with E-state index in [0.29, 0.717) is 0 Å². The Hall–Kier alpha value is -1.84. The molecule has 2 fully saturated rings. The maximum atomic E-state index is 6.16. The van der Waals surface area contributed by atoms with Crippen molar-refractivity contribution in [1.29, 1.82) is 0 Å². The van der Waals surface area contributed by atoms with Crippen molar-refractivity contribution >= 4 is 0 Å². The van der Waals surface area contributed by atoms with Crippen molar-refractivity contribution in [3.8, 4) is 16.9 Å². The Kier molecular flexibility index (Phi) is 5.88. The molecule has 0 N–H and O–H groups in total. The first-order valence-corrected chi connectivity index (χ1v) is 10.00. The van der Waals surface area contributed by atoms with E-state index < -0.39 is 0 Å². The first-order valence-electron chi connectivity index (χ1n) is 10.00. The third kappa shape index (κ3) is 4.87. The SMILES string of the molecule is c1ccc(-c2ccc(OCC3CC3)c(CCCN3CCOCC3)c2)cc1. The van der Waals surface area contributed by atoms with Gasteiger partial charge in [0, 0.05) is 13.1 Å². The lowest BCUT2D eigenvalue weighted by molar-refractivity contribution is 0.0374. The van der Waals surface area contributed by atoms with Gasteiger partial charge in [0.05, 0.1) is 19.8 Å². The molecule has 2 aliphatic rings. The fourth-order valence-electron chi connectivity index (χ4n) is 3.54. The monoisotopic (exact) mass is 351 g/mol. The topological polar surface area (TPSA) is 21.7 Å². The largest absolute Gasteiger partial charge is 0.493 e. The van der Waals surface area contributed by atoms with Crippen LogP contribution in [-0.4, -0.2) is 44.4 Å². The minimum Gasteiger partial charge on any atom is -0.493 e. The first kappa shape index (κ1) is 17.6. The van der Waals surface area contributed by atoms with Gasteiger partial charge in [-0.05, 0) is 67.0 Å². The lowest BCUT2D eigenvalue weighted by atomic mass is 10.00. The second-order valence-electron chi connectivity index (χ2n) is 7.50. The van der Waals surface area contributed by atoms with Crippen LogP contribution in [0.4, 0.5) is 0 Å². The zero-order chi connectivity index (χ0) is 17.6. The predicted molar refractivity (Wildman–Crippen MR) is 106 cm³/mol. The number of benzene rings is 2. The maximum Gasteiger partial charge on any atom is 0.122 e. The molecule has 2 aromatic rings. The van der Waals surface area contributed by atoms with E-state index in [0.717, 1.165) is 64.0 Å². The average molecular weight is 351 g/mol. The van der Waals surface area contributed by atoms with Gasteiger partial charge in [-0.25, -0.2) is 0 Å². The van der Waals surface area contributed by atoms with Crippen LogP contribution in [0.3, 0.4) is 0 Å². The predicted octanol–water partition coefficient (Wildman–Crippen LogP) is 4.41. The lowest BCUT2D eigenvalue weighted by Crippen LogP contribution is -2.36. The second kappa shape index (κ2) is 8.70. The summed E-state index contributed by atoms with van der Waals surface area (Å²) in [6.07, 6.45) is 4.89. The van der Waals surface area contributed by atoms with Crippen LogP contribution in [0.1, 0.15) is 24.8 Å². The van der Waals surface area contributed by atoms with Gasteiger partial charge in [-0.1, -0.05) is 36.4 Å². The minimum atomic E-state index is 0.782. The van der Waals surface area contributed by atoms with Crippen molar-refractivity contribution in [3.05, 3.63) is 54.1 Å². The summed E-state index contributed by atoms with van der Waals surface area (Å²) >= 11 is 0. The Morgan fingerprint density at radius 2 is 1.77 bits per heavy atom. The molecule has 0 aromatic heterocycles. The first-order chi connectivity index (χ1) is 12.9. The van der Waals surface area contributed by atoms with Gasteiger partial charge < -0.3 is 9.47 Å². The summed E-state index contributed by atoms with van der Waals surface area (Å²) in [5.74, 6) is 1.86. The van der Waals surface area contributed by atoms with E-state index in [1.54, 1.807) is 0 Å². The summed E-state index contributed by atoms with van der Waals surface area (Å²) in [5.41, 5.74) is 3.90. The Balaban J connectivity index is 1.44. The van der Waals surface area contributed by atoms with Crippen molar-refractivity contribution < 1.29 is 9.47 Å². The molecule has 2 aromatic carbocycles. The number of rotatable bonds is 8. The standard InChI is InChI=1S/C23H29NO2/c1-2-5-20(6-3-1)21-10-11-23(26-18-19-8-9-19)22(17-21)7-4-12-24-13-15-25-16-14-24/h1-3,5-6,10-11,17,19H,4,7-9,12-16,18H2. The van der Waals surface area contributed by atoms with E-state index in [2.05, 4.69) is 53.4 Å². The molecule has 1 saturated carbocycles. The highest BCUT2D eigenvalue weighted by Crippen LogP contribution is 2.32. The van der Waals surface area contributed by atoms with Gasteiger partial charge in [0.25, 0.3) is 0 Å². The maximum absolute atomic E-state index is 6.16. The van der Waals surface area contributed by atoms with Crippen LogP contribution in [0.25, 0.3) is 11.1 Å². The Labute approximate surface area is 156 Å². The van der Waals surface area contributed by atoms with Gasteiger partial charge in [-0.3, -0.25) is 4.90 Å². The van der Waals surface area contributed by atoms with Gasteiger partial charge >= 0.3 is 0 Å². The number of morpholine rings is 1. The summed E-state index contributed by atoms with van der Waals surface area (Å²) in [6, 6.07) is 17.3. The quantitative estimate of drug-likeness (QED) is 0.703. The van der Waals surface area contributed by atoms with Crippen molar-refractivity contribution in [2.45, 2.75) is 25.7 Å². The number of ether oxygens (including phenoxy) is 2. The minimum absolute atomic E-state index is 0.782. The molecule has 1 aliphatic carbocycles. The Bertz CT molecular complexity index is 691. The van der Waals surface area contributed by atoms with Gasteiger partial charge in [-0.15, -0.1) is 0 Å². The summed E-state index contributed by atoms with van der Waals surface area (Å²) < 4.78 is 11.6. The van der Waals surface area contributed by atoms with Crippen LogP contribution in [0.15, 0.2) is 48.5 Å². The van der Waals surface area contributed by atoms with Crippen LogP contribution in [0, 0.1) is 5.92 Å². The molecule has 0 bridgehead atoms. The fraction of sp³-hybridized carbons (Fsp3) is 0.478. The van der Waals surface area contributed by atoms with E-state index in [9.17, 15) is 0 Å². The average Bonchev–Trinajstić information content (AvgIpc) is 3.53. The third-order valence-electron chi connectivity index (χ3n) is 5.36. The van der Waals surface area contributed by atoms with Crippen molar-refractivity contribution in [3.63, 3.8) is 0 Å². The number of aryl methyl sites for hydroxylation is 1. The highest BCUT2D eigenvalue weighted by Gasteiger charge is 2.22. The molecule has 1 aliphatic heterocycles. The van der Waals surface area contributed by atoms with E-state index in [-0.39, 0.29) is 0 Å². The molecule has 138 valence electrons. The van der Waals surface area contributed by atoms with Crippen LogP contribution in [-0.2, 0) is 11.2 Å². The molecule has 26 heavy (non-hydrogen) atoms. The van der Waals surface area contributed by atoms with Gasteiger partial charge in [0.1, 0.15) is 5.75 Å². The highest BCUT2D eigenvalue weighted by molar-refractivity contribution is 5.65. The molecule has 1 heterocycles. The van der Waals surface area contributed by atoms with Crippen LogP contribution < -0.4 is 4.74 Å². The molecular weight excluding hydrogens is 322 g/mol. The van der Waals surface area contributed by atoms with E-state index in [1.165, 1.54) is 29.5 Å². The van der Waals surface area contributed by atoms with Crippen LogP contribution in [0.5, 0.6) is 5.75 Å². The molecule has 0 amide bonds. The van der Waals surface area contributed by atoms with Crippen LogP contribution in [0.2, 0.25) is 0 Å². The summed E-state index contributed by atoms with van der Waals surface area (Å²) in [5, 5.41) is 0. The van der Waals surface area contributed by atoms with E-state index in [4.69, 9.17) is 9.47 Å². The molecule has 0 radical (unpaired) electrons. The Morgan fingerprint density at radius 1 is 0.962 bits per heavy atom. The zero-order valence-corrected chi connectivity index (χ0v) is 15.5. The molecule has 4 rings (SSSR count). The molecule has 3 nitrogen and oxygen atoms in total. The smallest absolute Gasteiger partial charge is 0.122 e. The number of nitrogens with zero attached hydrogens (tertiary/aromatic N) is 1. The zero-order valence-electron chi connectivity index (χ0n) is 15.5. The van der Waals surface area contributed by atoms with Crippen molar-refractivity contribution in [2.75, 3.05) is 39.5 Å². The summed E-state index contributed by atoms with van der Waals surface area (Å²) in [4.78, 5) is 2.51. The molecule has 0 unspecified atom stereocenters. The van der Waals surface area contributed by atoms with Gasteiger partial charge in [-0.2, -0.15) is 0 Å². The normalized spacial score (nSPS) is 18.0. The summed E-state index contributed by atoms with van der Waals surface area (Å²) in [6.45, 7) is 5.89. The molecule has 0 spiro atoms. The van der Waals surface area contributed by atoms with Crippen molar-refractivity contribution in [1.82, 2.24) is 4.90 Å². The lowest BCUT2D eigenvalue weighted by Gasteiger charge is -2.26. The van der Waals surface area contributed by atoms with Crippen LogP contribution >= 0.6 is 0 Å². The number of hydrogen-bond donors (Lipinski definition) is 0. The van der Waals surface area contributed by atoms with Gasteiger partial charge in [0.15, 0.2) is 0 Å². The van der Waals surface area contributed by atoms with E-state index >= 15 is 0 Å². The third-order valence-corrected chi connectivity index (χ3v) is 5.36. The highest BCUT2D eigenvalue weighted by atomic mass is 16.5. The second-order valence-corrected chi connectivity index (χ2v) is 7.50. The van der Waals surface area contributed by atoms with Gasteiger partial charge in [0.2, 0.25) is 0 Å². The molecule has 3 heteroatoms. The Morgan fingerprint density at radius 3 is 2.54 bits per heavy atom.